The molecule has 0 radical (unpaired) electrons. The summed E-state index contributed by atoms with van der Waals surface area (Å²) in [7, 11) is 0. The summed E-state index contributed by atoms with van der Waals surface area (Å²) < 4.78 is 2.31. The molecule has 0 fully saturated rings. The van der Waals surface area contributed by atoms with Gasteiger partial charge in [0.1, 0.15) is 0 Å². The average molecular weight is 346 g/mol. The second-order valence-corrected chi connectivity index (χ2v) is 7.98. The smallest absolute Gasteiger partial charge is 0.194 e. The fourth-order valence-corrected chi connectivity index (χ4v) is 4.96. The summed E-state index contributed by atoms with van der Waals surface area (Å²) in [6, 6.07) is 6.08. The lowest BCUT2D eigenvalue weighted by molar-refractivity contribution is 0.498. The molecule has 2 N–H and O–H groups in total. The van der Waals surface area contributed by atoms with Gasteiger partial charge in [-0.05, 0) is 49.8 Å². The molecular formula is C18H20ClN3S. The number of aryl methyl sites for hydroxylation is 2. The first kappa shape index (κ1) is 15.2. The maximum absolute atomic E-state index is 6.16. The molecule has 120 valence electrons. The number of hydrogen-bond acceptors (Lipinski definition) is 3. The lowest BCUT2D eigenvalue weighted by Gasteiger charge is -2.18. The fourth-order valence-electron chi connectivity index (χ4n) is 3.50. The van der Waals surface area contributed by atoms with E-state index < -0.39 is 0 Å². The summed E-state index contributed by atoms with van der Waals surface area (Å²) in [5, 5.41) is 0.787. The number of fused-ring (bicyclic) bond motifs is 3. The van der Waals surface area contributed by atoms with Crippen molar-refractivity contribution < 1.29 is 0 Å². The number of rotatable bonds is 2. The molecule has 5 heteroatoms. The van der Waals surface area contributed by atoms with Gasteiger partial charge < -0.3 is 5.73 Å². The lowest BCUT2D eigenvalue weighted by atomic mass is 9.93. The first-order chi connectivity index (χ1) is 11.1. The molecule has 0 saturated heterocycles. The summed E-state index contributed by atoms with van der Waals surface area (Å²) in [6.45, 7) is 4.85. The van der Waals surface area contributed by atoms with E-state index in [2.05, 4.69) is 17.4 Å². The molecule has 2 aromatic heterocycles. The van der Waals surface area contributed by atoms with Crippen LogP contribution in [0.3, 0.4) is 0 Å². The maximum atomic E-state index is 6.16. The number of hydrogen-bond donors (Lipinski definition) is 1. The van der Waals surface area contributed by atoms with E-state index in [1.807, 2.05) is 30.4 Å². The minimum Gasteiger partial charge on any atom is -0.325 e. The summed E-state index contributed by atoms with van der Waals surface area (Å²) in [6.07, 6.45) is 3.54. The van der Waals surface area contributed by atoms with Crippen molar-refractivity contribution in [2.45, 2.75) is 39.7 Å². The molecule has 23 heavy (non-hydrogen) atoms. The summed E-state index contributed by atoms with van der Waals surface area (Å²) in [4.78, 5) is 7.47. The molecule has 0 amide bonds. The Morgan fingerprint density at radius 3 is 3.00 bits per heavy atom. The van der Waals surface area contributed by atoms with Gasteiger partial charge in [-0.1, -0.05) is 24.6 Å². The number of nitrogens with zero attached hydrogens (tertiary/aromatic N) is 2. The van der Waals surface area contributed by atoms with Crippen LogP contribution in [0.2, 0.25) is 5.02 Å². The molecule has 1 unspecified atom stereocenters. The molecule has 0 spiro atoms. The highest BCUT2D eigenvalue weighted by molar-refractivity contribution is 7.17. The highest BCUT2D eigenvalue weighted by atomic mass is 35.5. The zero-order valence-corrected chi connectivity index (χ0v) is 15.0. The van der Waals surface area contributed by atoms with Crippen LogP contribution in [-0.4, -0.2) is 9.38 Å². The Hall–Kier alpha value is -1.36. The predicted octanol–water partition coefficient (Wildman–Crippen LogP) is 4.61. The van der Waals surface area contributed by atoms with Crippen LogP contribution in [0.25, 0.3) is 16.2 Å². The van der Waals surface area contributed by atoms with Crippen molar-refractivity contribution in [3.05, 3.63) is 45.1 Å². The second kappa shape index (κ2) is 5.62. The average Bonchev–Trinajstić information content (AvgIpc) is 3.04. The van der Waals surface area contributed by atoms with Gasteiger partial charge in [-0.3, -0.25) is 4.40 Å². The van der Waals surface area contributed by atoms with Gasteiger partial charge in [-0.15, -0.1) is 11.3 Å². The third kappa shape index (κ3) is 2.40. The quantitative estimate of drug-likeness (QED) is 0.737. The maximum Gasteiger partial charge on any atom is 0.194 e. The predicted molar refractivity (Wildman–Crippen MR) is 97.3 cm³/mol. The van der Waals surface area contributed by atoms with E-state index in [0.29, 0.717) is 6.54 Å². The number of nitrogens with two attached hydrogens (primary N) is 1. The molecule has 1 aliphatic rings. The molecule has 3 aromatic rings. The van der Waals surface area contributed by atoms with Crippen molar-refractivity contribution in [1.29, 1.82) is 0 Å². The van der Waals surface area contributed by atoms with Crippen LogP contribution >= 0.6 is 22.9 Å². The van der Waals surface area contributed by atoms with Crippen LogP contribution < -0.4 is 5.73 Å². The zero-order valence-electron chi connectivity index (χ0n) is 13.4. The Labute approximate surface area is 145 Å². The molecule has 0 aliphatic heterocycles. The Morgan fingerprint density at radius 1 is 1.43 bits per heavy atom. The standard InChI is InChI=1S/C18H20ClN3S/c1-10-3-6-14-16(7-10)23-18-21-17(15(9-20)22(14)18)12-4-5-13(19)11(2)8-12/h4-5,8,10H,3,6-7,9,20H2,1-2H3. The van der Waals surface area contributed by atoms with E-state index in [0.717, 1.165) is 44.8 Å². The van der Waals surface area contributed by atoms with Gasteiger partial charge in [0.2, 0.25) is 0 Å². The van der Waals surface area contributed by atoms with Gasteiger partial charge in [0.25, 0.3) is 0 Å². The van der Waals surface area contributed by atoms with Crippen molar-refractivity contribution in [3.63, 3.8) is 0 Å². The number of aromatic nitrogens is 2. The highest BCUT2D eigenvalue weighted by Crippen LogP contribution is 2.36. The number of thiazole rings is 1. The Morgan fingerprint density at radius 2 is 2.26 bits per heavy atom. The van der Waals surface area contributed by atoms with Gasteiger partial charge in [0.05, 0.1) is 11.4 Å². The van der Waals surface area contributed by atoms with E-state index in [4.69, 9.17) is 22.3 Å². The normalized spacial score (nSPS) is 17.7. The molecule has 3 nitrogen and oxygen atoms in total. The molecule has 4 rings (SSSR count). The van der Waals surface area contributed by atoms with Crippen molar-refractivity contribution in [3.8, 4) is 11.3 Å². The van der Waals surface area contributed by atoms with E-state index >= 15 is 0 Å². The topological polar surface area (TPSA) is 43.3 Å². The Balaban J connectivity index is 1.91. The van der Waals surface area contributed by atoms with Crippen molar-refractivity contribution in [2.75, 3.05) is 0 Å². The van der Waals surface area contributed by atoms with Gasteiger partial charge >= 0.3 is 0 Å². The number of benzene rings is 1. The van der Waals surface area contributed by atoms with E-state index in [9.17, 15) is 0 Å². The Bertz CT molecular complexity index is 893. The van der Waals surface area contributed by atoms with Crippen LogP contribution in [0.5, 0.6) is 0 Å². The van der Waals surface area contributed by atoms with Crippen LogP contribution in [0.15, 0.2) is 18.2 Å². The first-order valence-corrected chi connectivity index (χ1v) is 9.26. The van der Waals surface area contributed by atoms with Crippen LogP contribution in [-0.2, 0) is 19.4 Å². The van der Waals surface area contributed by atoms with Crippen molar-refractivity contribution >= 4 is 27.9 Å². The van der Waals surface area contributed by atoms with Gasteiger partial charge in [0.15, 0.2) is 4.96 Å². The highest BCUT2D eigenvalue weighted by Gasteiger charge is 2.24. The largest absolute Gasteiger partial charge is 0.325 e. The SMILES string of the molecule is Cc1cc(-c2nc3sc4c(n3c2CN)CCC(C)C4)ccc1Cl. The second-order valence-electron chi connectivity index (χ2n) is 6.51. The number of imidazole rings is 1. The van der Waals surface area contributed by atoms with Gasteiger partial charge in [-0.25, -0.2) is 4.98 Å². The fraction of sp³-hybridized carbons (Fsp3) is 0.389. The molecule has 1 aliphatic carbocycles. The molecular weight excluding hydrogens is 326 g/mol. The van der Waals surface area contributed by atoms with Gasteiger partial charge in [-0.2, -0.15) is 0 Å². The molecule has 1 aromatic carbocycles. The lowest BCUT2D eigenvalue weighted by Crippen LogP contribution is -2.13. The summed E-state index contributed by atoms with van der Waals surface area (Å²) in [5.74, 6) is 0.769. The van der Waals surface area contributed by atoms with Crippen LogP contribution in [0.1, 0.15) is 35.2 Å². The first-order valence-electron chi connectivity index (χ1n) is 8.07. The zero-order chi connectivity index (χ0) is 16.1. The minimum absolute atomic E-state index is 0.497. The minimum atomic E-state index is 0.497. The summed E-state index contributed by atoms with van der Waals surface area (Å²) in [5.41, 5.74) is 11.8. The molecule has 0 saturated carbocycles. The van der Waals surface area contributed by atoms with E-state index in [-0.39, 0.29) is 0 Å². The third-order valence-electron chi connectivity index (χ3n) is 4.78. The summed E-state index contributed by atoms with van der Waals surface area (Å²) >= 11 is 7.99. The van der Waals surface area contributed by atoms with E-state index in [1.54, 1.807) is 0 Å². The monoisotopic (exact) mass is 345 g/mol. The van der Waals surface area contributed by atoms with Gasteiger partial charge in [0, 0.05) is 27.7 Å². The molecule has 2 heterocycles. The van der Waals surface area contributed by atoms with Crippen molar-refractivity contribution in [1.82, 2.24) is 9.38 Å². The van der Waals surface area contributed by atoms with Crippen LogP contribution in [0.4, 0.5) is 0 Å². The molecule has 1 atom stereocenters. The Kier molecular flexibility index (Phi) is 3.71. The van der Waals surface area contributed by atoms with Crippen molar-refractivity contribution in [2.24, 2.45) is 11.7 Å². The molecule has 0 bridgehead atoms. The van der Waals surface area contributed by atoms with E-state index in [1.165, 1.54) is 23.4 Å². The third-order valence-corrected chi connectivity index (χ3v) is 6.31. The number of halogens is 1. The van der Waals surface area contributed by atoms with Crippen LogP contribution in [0, 0.1) is 12.8 Å².